The minimum absolute atomic E-state index is 0.00889. The number of halogens is 3. The van der Waals surface area contributed by atoms with Crippen LogP contribution in [0.4, 0.5) is 13.2 Å². The van der Waals surface area contributed by atoms with E-state index in [2.05, 4.69) is 9.71 Å². The number of nitrogens with one attached hydrogen (secondary N) is 2. The molecule has 0 aliphatic rings. The number of H-pyrrole nitrogens is 1. The standard InChI is InChI=1S/C19H19F3N2O2S/c1-2-9-27(25,26)23-8-7-15-16-10-14(21)11-17(22)19(16)24-18(15)12-3-5-13(20)6-4-12/h3-6,10-11,23-24H,2,7-9H2,1H3. The van der Waals surface area contributed by atoms with E-state index in [1.807, 2.05) is 0 Å². The number of fused-ring (bicyclic) bond motifs is 1. The average molecular weight is 396 g/mol. The fourth-order valence-corrected chi connectivity index (χ4v) is 4.16. The highest BCUT2D eigenvalue weighted by molar-refractivity contribution is 7.89. The first-order valence-corrected chi connectivity index (χ1v) is 10.2. The second kappa shape index (κ2) is 7.74. The topological polar surface area (TPSA) is 62.0 Å². The fourth-order valence-electron chi connectivity index (χ4n) is 3.07. The van der Waals surface area contributed by atoms with Gasteiger partial charge in [0.05, 0.1) is 11.3 Å². The Labute approximate surface area is 155 Å². The molecule has 8 heteroatoms. The van der Waals surface area contributed by atoms with Crippen molar-refractivity contribution in [3.8, 4) is 11.3 Å². The molecule has 2 aromatic carbocycles. The van der Waals surface area contributed by atoms with Crippen molar-refractivity contribution in [3.05, 3.63) is 59.4 Å². The Bertz CT molecular complexity index is 1060. The van der Waals surface area contributed by atoms with Crippen LogP contribution >= 0.6 is 0 Å². The molecule has 0 saturated heterocycles. The Morgan fingerprint density at radius 1 is 1.04 bits per heavy atom. The van der Waals surface area contributed by atoms with Gasteiger partial charge in [-0.2, -0.15) is 0 Å². The molecular weight excluding hydrogens is 377 g/mol. The summed E-state index contributed by atoms with van der Waals surface area (Å²) >= 11 is 0. The summed E-state index contributed by atoms with van der Waals surface area (Å²) in [7, 11) is -3.40. The molecule has 0 unspecified atom stereocenters. The van der Waals surface area contributed by atoms with Gasteiger partial charge in [-0.25, -0.2) is 26.3 Å². The Morgan fingerprint density at radius 2 is 1.74 bits per heavy atom. The van der Waals surface area contributed by atoms with Crippen molar-refractivity contribution in [1.82, 2.24) is 9.71 Å². The van der Waals surface area contributed by atoms with Crippen molar-refractivity contribution < 1.29 is 21.6 Å². The van der Waals surface area contributed by atoms with Crippen molar-refractivity contribution >= 4 is 20.9 Å². The van der Waals surface area contributed by atoms with Crippen LogP contribution in [-0.4, -0.2) is 25.7 Å². The number of aromatic nitrogens is 1. The molecule has 0 aliphatic carbocycles. The van der Waals surface area contributed by atoms with Gasteiger partial charge in [-0.05, 0) is 54.3 Å². The Hall–Kier alpha value is -2.32. The summed E-state index contributed by atoms with van der Waals surface area (Å²) in [5.41, 5.74) is 1.79. The molecule has 0 atom stereocenters. The van der Waals surface area contributed by atoms with E-state index >= 15 is 0 Å². The zero-order valence-electron chi connectivity index (χ0n) is 14.7. The largest absolute Gasteiger partial charge is 0.352 e. The summed E-state index contributed by atoms with van der Waals surface area (Å²) in [6, 6.07) is 7.58. The van der Waals surface area contributed by atoms with Gasteiger partial charge in [0.2, 0.25) is 10.0 Å². The molecule has 0 bridgehead atoms. The maximum absolute atomic E-state index is 14.2. The minimum Gasteiger partial charge on any atom is -0.352 e. The predicted molar refractivity (Wildman–Crippen MR) is 99.4 cm³/mol. The van der Waals surface area contributed by atoms with Gasteiger partial charge in [-0.15, -0.1) is 0 Å². The highest BCUT2D eigenvalue weighted by Crippen LogP contribution is 2.32. The summed E-state index contributed by atoms with van der Waals surface area (Å²) in [5.74, 6) is -1.88. The van der Waals surface area contributed by atoms with Crippen molar-refractivity contribution in [3.63, 3.8) is 0 Å². The molecule has 3 rings (SSSR count). The first kappa shape index (κ1) is 19.4. The van der Waals surface area contributed by atoms with E-state index in [0.29, 0.717) is 28.6 Å². The first-order valence-electron chi connectivity index (χ1n) is 8.53. The molecule has 144 valence electrons. The number of rotatable bonds is 7. The SMILES string of the molecule is CCCS(=O)(=O)NCCc1c(-c2ccc(F)cc2)[nH]c2c(F)cc(F)cc12. The zero-order chi connectivity index (χ0) is 19.6. The van der Waals surface area contributed by atoms with Crippen LogP contribution in [0.2, 0.25) is 0 Å². The molecule has 0 aliphatic heterocycles. The summed E-state index contributed by atoms with van der Waals surface area (Å²) in [6.45, 7) is 1.85. The van der Waals surface area contributed by atoms with Crippen molar-refractivity contribution in [2.45, 2.75) is 19.8 Å². The first-order chi connectivity index (χ1) is 12.8. The minimum atomic E-state index is -3.40. The van der Waals surface area contributed by atoms with E-state index in [4.69, 9.17) is 0 Å². The van der Waals surface area contributed by atoms with E-state index in [1.54, 1.807) is 6.92 Å². The number of hydrogen-bond donors (Lipinski definition) is 2. The average Bonchev–Trinajstić information content (AvgIpc) is 2.94. The molecule has 0 saturated carbocycles. The van der Waals surface area contributed by atoms with Crippen LogP contribution in [-0.2, 0) is 16.4 Å². The van der Waals surface area contributed by atoms with Gasteiger partial charge in [0.15, 0.2) is 0 Å². The fraction of sp³-hybridized carbons (Fsp3) is 0.263. The van der Waals surface area contributed by atoms with Crippen LogP contribution in [0.3, 0.4) is 0 Å². The third kappa shape index (κ3) is 4.33. The summed E-state index contributed by atoms with van der Waals surface area (Å²) in [5, 5.41) is 0.335. The van der Waals surface area contributed by atoms with Gasteiger partial charge in [0, 0.05) is 23.7 Å². The number of sulfonamides is 1. The van der Waals surface area contributed by atoms with Gasteiger partial charge in [-0.3, -0.25) is 0 Å². The number of hydrogen-bond acceptors (Lipinski definition) is 2. The second-order valence-corrected chi connectivity index (χ2v) is 8.19. The number of benzene rings is 2. The van der Waals surface area contributed by atoms with Gasteiger partial charge >= 0.3 is 0 Å². The van der Waals surface area contributed by atoms with E-state index in [0.717, 1.165) is 6.07 Å². The molecule has 1 heterocycles. The third-order valence-electron chi connectivity index (χ3n) is 4.23. The van der Waals surface area contributed by atoms with Crippen LogP contribution in [0.1, 0.15) is 18.9 Å². The molecule has 0 amide bonds. The Kier molecular flexibility index (Phi) is 5.57. The summed E-state index contributed by atoms with van der Waals surface area (Å²) in [4.78, 5) is 2.93. The molecule has 0 fully saturated rings. The van der Waals surface area contributed by atoms with E-state index < -0.39 is 27.5 Å². The Morgan fingerprint density at radius 3 is 2.41 bits per heavy atom. The lowest BCUT2D eigenvalue weighted by molar-refractivity contribution is 0.580. The van der Waals surface area contributed by atoms with Crippen molar-refractivity contribution in [1.29, 1.82) is 0 Å². The zero-order valence-corrected chi connectivity index (χ0v) is 15.5. The van der Waals surface area contributed by atoms with Crippen LogP contribution < -0.4 is 4.72 Å². The maximum atomic E-state index is 14.2. The van der Waals surface area contributed by atoms with Crippen molar-refractivity contribution in [2.75, 3.05) is 12.3 Å². The molecule has 0 spiro atoms. The molecule has 1 aromatic heterocycles. The van der Waals surface area contributed by atoms with Crippen LogP contribution in [0.5, 0.6) is 0 Å². The van der Waals surface area contributed by atoms with Crippen LogP contribution in [0.15, 0.2) is 36.4 Å². The highest BCUT2D eigenvalue weighted by Gasteiger charge is 2.18. The lowest BCUT2D eigenvalue weighted by Gasteiger charge is -2.08. The van der Waals surface area contributed by atoms with E-state index in [9.17, 15) is 21.6 Å². The molecule has 3 aromatic rings. The van der Waals surface area contributed by atoms with Gasteiger partial charge < -0.3 is 4.98 Å². The van der Waals surface area contributed by atoms with E-state index in [-0.39, 0.29) is 24.2 Å². The molecule has 0 radical (unpaired) electrons. The molecule has 4 nitrogen and oxygen atoms in total. The lowest BCUT2D eigenvalue weighted by atomic mass is 10.0. The normalized spacial score (nSPS) is 12.0. The third-order valence-corrected chi connectivity index (χ3v) is 5.82. The Balaban J connectivity index is 2.02. The summed E-state index contributed by atoms with van der Waals surface area (Å²) in [6.07, 6.45) is 0.707. The maximum Gasteiger partial charge on any atom is 0.211 e. The number of aromatic amines is 1. The van der Waals surface area contributed by atoms with E-state index in [1.165, 1.54) is 30.3 Å². The molecular formula is C19H19F3N2O2S. The van der Waals surface area contributed by atoms with Gasteiger partial charge in [0.25, 0.3) is 0 Å². The lowest BCUT2D eigenvalue weighted by Crippen LogP contribution is -2.28. The van der Waals surface area contributed by atoms with Crippen molar-refractivity contribution in [2.24, 2.45) is 0 Å². The van der Waals surface area contributed by atoms with Gasteiger partial charge in [-0.1, -0.05) is 6.92 Å². The second-order valence-electron chi connectivity index (χ2n) is 6.26. The smallest absolute Gasteiger partial charge is 0.211 e. The predicted octanol–water partition coefficient (Wildman–Crippen LogP) is 4.12. The van der Waals surface area contributed by atoms with Crippen LogP contribution in [0.25, 0.3) is 22.2 Å². The van der Waals surface area contributed by atoms with Crippen LogP contribution in [0, 0.1) is 17.5 Å². The van der Waals surface area contributed by atoms with Gasteiger partial charge in [0.1, 0.15) is 17.5 Å². The summed E-state index contributed by atoms with van der Waals surface area (Å²) < 4.78 is 67.3. The monoisotopic (exact) mass is 396 g/mol. The highest BCUT2D eigenvalue weighted by atomic mass is 32.2. The molecule has 2 N–H and O–H groups in total. The quantitative estimate of drug-likeness (QED) is 0.631. The molecule has 27 heavy (non-hydrogen) atoms.